The van der Waals surface area contributed by atoms with Gasteiger partial charge in [-0.3, -0.25) is 4.79 Å². The van der Waals surface area contributed by atoms with Crippen LogP contribution in [0.3, 0.4) is 0 Å². The van der Waals surface area contributed by atoms with Gasteiger partial charge in [0.1, 0.15) is 6.04 Å². The Labute approximate surface area is 166 Å². The Morgan fingerprint density at radius 2 is 1.97 bits per heavy atom. The number of carbonyl (C=O) groups excluding carboxylic acids is 1. The molecule has 8 heteroatoms. The minimum Gasteiger partial charge on any atom is -0.354 e. The lowest BCUT2D eigenvalue weighted by atomic mass is 10.1. The van der Waals surface area contributed by atoms with Crippen LogP contribution in [0.2, 0.25) is 0 Å². The summed E-state index contributed by atoms with van der Waals surface area (Å²) in [5, 5.41) is 20.7. The molecular weight excluding hydrogens is 366 g/mol. The quantitative estimate of drug-likeness (QED) is 0.563. The molecule has 1 fully saturated rings. The van der Waals surface area contributed by atoms with Crippen molar-refractivity contribution in [2.24, 2.45) is 0 Å². The number of hydrogen-bond acceptors (Lipinski definition) is 6. The standard InChI is InChI=1S/C21H17N7O/c22-12-13-7-9-14(10-8-13)18-26-19-15-4-1-2-5-16(15)24-21(28(19)27-18)25-17-6-3-11-23-20(17)29/h1-2,4-5,7-10,17H,3,6,11H2,(H,23,29)(H,24,25)/t17-/m1/s1. The van der Waals surface area contributed by atoms with E-state index in [1.54, 1.807) is 16.6 Å². The molecule has 1 aliphatic heterocycles. The van der Waals surface area contributed by atoms with Gasteiger partial charge in [0.15, 0.2) is 11.5 Å². The maximum absolute atomic E-state index is 12.2. The van der Waals surface area contributed by atoms with E-state index in [1.807, 2.05) is 36.4 Å². The second-order valence-electron chi connectivity index (χ2n) is 6.94. The van der Waals surface area contributed by atoms with Gasteiger partial charge in [0.25, 0.3) is 0 Å². The van der Waals surface area contributed by atoms with Crippen LogP contribution in [-0.4, -0.2) is 38.1 Å². The van der Waals surface area contributed by atoms with Gasteiger partial charge in [0.05, 0.1) is 17.1 Å². The number of amides is 1. The van der Waals surface area contributed by atoms with E-state index in [2.05, 4.69) is 21.8 Å². The van der Waals surface area contributed by atoms with Crippen molar-refractivity contribution in [3.63, 3.8) is 0 Å². The Bertz CT molecular complexity index is 1270. The first-order valence-electron chi connectivity index (χ1n) is 9.43. The van der Waals surface area contributed by atoms with Gasteiger partial charge >= 0.3 is 0 Å². The number of piperidine rings is 1. The lowest BCUT2D eigenvalue weighted by molar-refractivity contribution is -0.123. The van der Waals surface area contributed by atoms with Crippen LogP contribution < -0.4 is 10.6 Å². The molecule has 1 atom stereocenters. The summed E-state index contributed by atoms with van der Waals surface area (Å²) in [6, 6.07) is 16.6. The van der Waals surface area contributed by atoms with Crippen molar-refractivity contribution in [1.82, 2.24) is 24.9 Å². The molecule has 8 nitrogen and oxygen atoms in total. The molecule has 1 amide bonds. The van der Waals surface area contributed by atoms with Gasteiger partial charge < -0.3 is 10.6 Å². The SMILES string of the molecule is N#Cc1ccc(-c2nc3c4ccccc4nc(N[C@@H]4CCCNC4=O)n3n2)cc1. The summed E-state index contributed by atoms with van der Waals surface area (Å²) >= 11 is 0. The van der Waals surface area contributed by atoms with Gasteiger partial charge in [0.2, 0.25) is 11.9 Å². The second kappa shape index (κ2) is 6.87. The van der Waals surface area contributed by atoms with Crippen LogP contribution in [0.4, 0.5) is 5.95 Å². The van der Waals surface area contributed by atoms with Crippen molar-refractivity contribution in [3.05, 3.63) is 54.1 Å². The van der Waals surface area contributed by atoms with Crippen molar-refractivity contribution in [1.29, 1.82) is 5.26 Å². The van der Waals surface area contributed by atoms with Crippen LogP contribution in [0.1, 0.15) is 18.4 Å². The first-order chi connectivity index (χ1) is 14.2. The first kappa shape index (κ1) is 17.1. The Morgan fingerprint density at radius 1 is 1.14 bits per heavy atom. The van der Waals surface area contributed by atoms with Crippen molar-refractivity contribution in [2.75, 3.05) is 11.9 Å². The van der Waals surface area contributed by atoms with Crippen LogP contribution in [0.5, 0.6) is 0 Å². The van der Waals surface area contributed by atoms with Gasteiger partial charge in [-0.2, -0.15) is 9.78 Å². The highest BCUT2D eigenvalue weighted by Gasteiger charge is 2.24. The predicted molar refractivity (Wildman–Crippen MR) is 108 cm³/mol. The van der Waals surface area contributed by atoms with Crippen LogP contribution in [-0.2, 0) is 4.79 Å². The monoisotopic (exact) mass is 383 g/mol. The minimum absolute atomic E-state index is 0.0354. The fourth-order valence-electron chi connectivity index (χ4n) is 3.53. The van der Waals surface area contributed by atoms with Gasteiger partial charge in [-0.1, -0.05) is 12.1 Å². The fraction of sp³-hybridized carbons (Fsp3) is 0.190. The maximum atomic E-state index is 12.2. The number of fused-ring (bicyclic) bond motifs is 3. The van der Waals surface area contributed by atoms with Gasteiger partial charge in [-0.05, 0) is 49.2 Å². The molecule has 0 unspecified atom stereocenters. The molecule has 4 aromatic rings. The molecule has 0 aliphatic carbocycles. The minimum atomic E-state index is -0.358. The number of para-hydroxylation sites is 1. The van der Waals surface area contributed by atoms with Gasteiger partial charge in [0, 0.05) is 17.5 Å². The molecule has 1 saturated heterocycles. The summed E-state index contributed by atoms with van der Waals surface area (Å²) in [5.74, 6) is 0.976. The maximum Gasteiger partial charge on any atom is 0.242 e. The molecule has 1 aliphatic rings. The molecular formula is C21H17N7O. The summed E-state index contributed by atoms with van der Waals surface area (Å²) in [4.78, 5) is 21.6. The van der Waals surface area contributed by atoms with Crippen molar-refractivity contribution in [3.8, 4) is 17.5 Å². The first-order valence-corrected chi connectivity index (χ1v) is 9.43. The topological polar surface area (TPSA) is 108 Å². The second-order valence-corrected chi connectivity index (χ2v) is 6.94. The Hall–Kier alpha value is -3.99. The zero-order valence-electron chi connectivity index (χ0n) is 15.5. The molecule has 2 aromatic carbocycles. The normalized spacial score (nSPS) is 16.5. The highest BCUT2D eigenvalue weighted by Crippen LogP contribution is 2.25. The Balaban J connectivity index is 1.66. The van der Waals surface area contributed by atoms with E-state index in [1.165, 1.54) is 0 Å². The molecule has 142 valence electrons. The molecule has 0 bridgehead atoms. The molecule has 2 aromatic heterocycles. The number of nitrogens with zero attached hydrogens (tertiary/aromatic N) is 5. The van der Waals surface area contributed by atoms with Gasteiger partial charge in [-0.15, -0.1) is 5.10 Å². The number of benzene rings is 2. The van der Waals surface area contributed by atoms with E-state index in [9.17, 15) is 4.79 Å². The number of aromatic nitrogens is 4. The van der Waals surface area contributed by atoms with E-state index in [0.29, 0.717) is 29.5 Å². The number of nitriles is 1. The van der Waals surface area contributed by atoms with E-state index >= 15 is 0 Å². The molecule has 29 heavy (non-hydrogen) atoms. The third-order valence-electron chi connectivity index (χ3n) is 5.04. The lowest BCUT2D eigenvalue weighted by Gasteiger charge is -2.23. The summed E-state index contributed by atoms with van der Waals surface area (Å²) in [6.45, 7) is 0.698. The smallest absolute Gasteiger partial charge is 0.242 e. The molecule has 0 spiro atoms. The summed E-state index contributed by atoms with van der Waals surface area (Å²) in [5.41, 5.74) is 2.82. The van der Waals surface area contributed by atoms with Crippen LogP contribution in [0, 0.1) is 11.3 Å². The molecule has 3 heterocycles. The number of anilines is 1. The van der Waals surface area contributed by atoms with E-state index < -0.39 is 0 Å². The summed E-state index contributed by atoms with van der Waals surface area (Å²) in [6.07, 6.45) is 1.65. The van der Waals surface area contributed by atoms with Crippen LogP contribution >= 0.6 is 0 Å². The Morgan fingerprint density at radius 3 is 2.76 bits per heavy atom. The van der Waals surface area contributed by atoms with E-state index in [-0.39, 0.29) is 11.9 Å². The molecule has 0 radical (unpaired) electrons. The van der Waals surface area contributed by atoms with E-state index in [4.69, 9.17) is 15.2 Å². The van der Waals surface area contributed by atoms with E-state index in [0.717, 1.165) is 29.3 Å². The zero-order chi connectivity index (χ0) is 19.8. The molecule has 0 saturated carbocycles. The zero-order valence-corrected chi connectivity index (χ0v) is 15.5. The van der Waals surface area contributed by atoms with Gasteiger partial charge in [-0.25, -0.2) is 9.97 Å². The fourth-order valence-corrected chi connectivity index (χ4v) is 3.53. The number of nitrogens with one attached hydrogen (secondary N) is 2. The van der Waals surface area contributed by atoms with Crippen LogP contribution in [0.15, 0.2) is 48.5 Å². The third kappa shape index (κ3) is 3.02. The van der Waals surface area contributed by atoms with Crippen molar-refractivity contribution >= 4 is 28.4 Å². The average molecular weight is 383 g/mol. The number of rotatable bonds is 3. The average Bonchev–Trinajstić information content (AvgIpc) is 3.21. The Kier molecular flexibility index (Phi) is 4.06. The number of hydrogen-bond donors (Lipinski definition) is 2. The summed E-state index contributed by atoms with van der Waals surface area (Å²) < 4.78 is 1.65. The van der Waals surface area contributed by atoms with Crippen molar-refractivity contribution in [2.45, 2.75) is 18.9 Å². The van der Waals surface area contributed by atoms with Crippen LogP contribution in [0.25, 0.3) is 27.9 Å². The summed E-state index contributed by atoms with van der Waals surface area (Å²) in [7, 11) is 0. The molecule has 2 N–H and O–H groups in total. The highest BCUT2D eigenvalue weighted by molar-refractivity contribution is 5.93. The third-order valence-corrected chi connectivity index (χ3v) is 5.04. The number of carbonyl (C=O) groups is 1. The predicted octanol–water partition coefficient (Wildman–Crippen LogP) is 2.51. The lowest BCUT2D eigenvalue weighted by Crippen LogP contribution is -2.44. The molecule has 5 rings (SSSR count). The highest BCUT2D eigenvalue weighted by atomic mass is 16.2. The van der Waals surface area contributed by atoms with Crippen molar-refractivity contribution < 1.29 is 4.79 Å². The largest absolute Gasteiger partial charge is 0.354 e.